The van der Waals surface area contributed by atoms with E-state index in [1.54, 1.807) is 6.07 Å². The van der Waals surface area contributed by atoms with Crippen molar-refractivity contribution >= 4 is 0 Å². The van der Waals surface area contributed by atoms with E-state index in [1.807, 2.05) is 0 Å². The number of nitrogens with two attached hydrogens (primary N) is 1. The molecule has 0 radical (unpaired) electrons. The first-order valence-electron chi connectivity index (χ1n) is 4.92. The zero-order valence-corrected chi connectivity index (χ0v) is 8.42. The summed E-state index contributed by atoms with van der Waals surface area (Å²) in [6, 6.07) is 3.84. The lowest BCUT2D eigenvalue weighted by atomic mass is 10.0. The SMILES string of the molecule is NCC(CO)CCc1ccc(F)c(F)c1. The van der Waals surface area contributed by atoms with Gasteiger partial charge in [-0.3, -0.25) is 0 Å². The highest BCUT2D eigenvalue weighted by Gasteiger charge is 2.07. The van der Waals surface area contributed by atoms with Gasteiger partial charge in [0, 0.05) is 6.61 Å². The van der Waals surface area contributed by atoms with Crippen molar-refractivity contribution < 1.29 is 13.9 Å². The summed E-state index contributed by atoms with van der Waals surface area (Å²) < 4.78 is 25.4. The van der Waals surface area contributed by atoms with Crippen LogP contribution in [0.2, 0.25) is 0 Å². The molecular weight excluding hydrogens is 200 g/mol. The Labute approximate surface area is 87.7 Å². The first-order chi connectivity index (χ1) is 7.17. The van der Waals surface area contributed by atoms with E-state index < -0.39 is 11.6 Å². The molecule has 1 unspecified atom stereocenters. The molecule has 84 valence electrons. The van der Waals surface area contributed by atoms with E-state index in [0.717, 1.165) is 11.6 Å². The number of rotatable bonds is 5. The van der Waals surface area contributed by atoms with Crippen molar-refractivity contribution in [3.63, 3.8) is 0 Å². The molecule has 1 aromatic carbocycles. The van der Waals surface area contributed by atoms with Gasteiger partial charge in [0.2, 0.25) is 0 Å². The molecular formula is C11H15F2NO. The number of benzene rings is 1. The zero-order valence-electron chi connectivity index (χ0n) is 8.42. The summed E-state index contributed by atoms with van der Waals surface area (Å²) in [5.74, 6) is -1.64. The van der Waals surface area contributed by atoms with Crippen molar-refractivity contribution in [1.82, 2.24) is 0 Å². The summed E-state index contributed by atoms with van der Waals surface area (Å²) in [6.45, 7) is 0.431. The van der Waals surface area contributed by atoms with Gasteiger partial charge in [-0.15, -0.1) is 0 Å². The van der Waals surface area contributed by atoms with Crippen LogP contribution >= 0.6 is 0 Å². The lowest BCUT2D eigenvalue weighted by Crippen LogP contribution is -2.18. The van der Waals surface area contributed by atoms with Crippen molar-refractivity contribution in [3.8, 4) is 0 Å². The molecule has 0 fully saturated rings. The Balaban J connectivity index is 2.54. The molecule has 0 saturated heterocycles. The van der Waals surface area contributed by atoms with E-state index in [1.165, 1.54) is 6.07 Å². The summed E-state index contributed by atoms with van der Waals surface area (Å²) in [5.41, 5.74) is 6.13. The molecule has 1 atom stereocenters. The van der Waals surface area contributed by atoms with Gasteiger partial charge in [-0.2, -0.15) is 0 Å². The minimum atomic E-state index is -0.837. The monoisotopic (exact) mass is 215 g/mol. The van der Waals surface area contributed by atoms with Gasteiger partial charge in [-0.25, -0.2) is 8.78 Å². The molecule has 15 heavy (non-hydrogen) atoms. The number of hydrogen-bond acceptors (Lipinski definition) is 2. The van der Waals surface area contributed by atoms with Crippen LogP contribution < -0.4 is 5.73 Å². The second kappa shape index (κ2) is 5.78. The van der Waals surface area contributed by atoms with Gasteiger partial charge in [-0.05, 0) is 43.0 Å². The van der Waals surface area contributed by atoms with Gasteiger partial charge in [0.15, 0.2) is 11.6 Å². The third kappa shape index (κ3) is 3.57. The highest BCUT2D eigenvalue weighted by molar-refractivity contribution is 5.17. The molecule has 3 N–H and O–H groups in total. The van der Waals surface area contributed by atoms with Crippen molar-refractivity contribution in [3.05, 3.63) is 35.4 Å². The van der Waals surface area contributed by atoms with E-state index in [9.17, 15) is 8.78 Å². The Morgan fingerprint density at radius 3 is 2.53 bits per heavy atom. The van der Waals surface area contributed by atoms with Crippen LogP contribution in [-0.2, 0) is 6.42 Å². The highest BCUT2D eigenvalue weighted by atomic mass is 19.2. The molecule has 0 heterocycles. The maximum atomic E-state index is 12.8. The Bertz CT molecular complexity index is 313. The molecule has 0 amide bonds. The summed E-state index contributed by atoms with van der Waals surface area (Å²) in [6.07, 6.45) is 1.28. The van der Waals surface area contributed by atoms with E-state index in [4.69, 9.17) is 10.8 Å². The minimum Gasteiger partial charge on any atom is -0.396 e. The smallest absolute Gasteiger partial charge is 0.159 e. The Morgan fingerprint density at radius 2 is 2.00 bits per heavy atom. The molecule has 1 rings (SSSR count). The predicted molar refractivity (Wildman–Crippen MR) is 54.3 cm³/mol. The summed E-state index contributed by atoms with van der Waals surface area (Å²) in [7, 11) is 0. The largest absolute Gasteiger partial charge is 0.396 e. The third-order valence-corrected chi connectivity index (χ3v) is 2.42. The molecule has 4 heteroatoms. The molecule has 0 spiro atoms. The first kappa shape index (κ1) is 12.1. The maximum absolute atomic E-state index is 12.8. The van der Waals surface area contributed by atoms with Crippen molar-refractivity contribution in [2.45, 2.75) is 12.8 Å². The fourth-order valence-corrected chi connectivity index (χ4v) is 1.35. The van der Waals surface area contributed by atoms with Crippen molar-refractivity contribution in [2.75, 3.05) is 13.2 Å². The van der Waals surface area contributed by atoms with Crippen LogP contribution in [-0.4, -0.2) is 18.3 Å². The van der Waals surface area contributed by atoms with E-state index >= 15 is 0 Å². The standard InChI is InChI=1S/C11H15F2NO/c12-10-4-3-8(5-11(10)13)1-2-9(6-14)7-15/h3-5,9,15H,1-2,6-7,14H2. The predicted octanol–water partition coefficient (Wildman–Crippen LogP) is 1.46. The third-order valence-electron chi connectivity index (χ3n) is 2.42. The molecule has 0 saturated carbocycles. The lowest BCUT2D eigenvalue weighted by Gasteiger charge is -2.10. The Morgan fingerprint density at radius 1 is 1.27 bits per heavy atom. The van der Waals surface area contributed by atoms with Crippen LogP contribution in [0.3, 0.4) is 0 Å². The van der Waals surface area contributed by atoms with Crippen LogP contribution in [0, 0.1) is 17.6 Å². The van der Waals surface area contributed by atoms with Gasteiger partial charge >= 0.3 is 0 Å². The first-order valence-corrected chi connectivity index (χ1v) is 4.92. The Kier molecular flexibility index (Phi) is 4.65. The average Bonchev–Trinajstić information content (AvgIpc) is 2.24. The molecule has 0 aromatic heterocycles. The van der Waals surface area contributed by atoms with E-state index in [0.29, 0.717) is 19.4 Å². The molecule has 1 aromatic rings. The maximum Gasteiger partial charge on any atom is 0.159 e. The van der Waals surface area contributed by atoms with Gasteiger partial charge in [0.1, 0.15) is 0 Å². The number of aryl methyl sites for hydroxylation is 1. The highest BCUT2D eigenvalue weighted by Crippen LogP contribution is 2.12. The van der Waals surface area contributed by atoms with Gasteiger partial charge in [0.25, 0.3) is 0 Å². The van der Waals surface area contributed by atoms with Crippen LogP contribution in [0.25, 0.3) is 0 Å². The summed E-state index contributed by atoms with van der Waals surface area (Å²) in [5, 5.41) is 8.89. The fourth-order valence-electron chi connectivity index (χ4n) is 1.35. The number of aliphatic hydroxyl groups excluding tert-OH is 1. The number of hydrogen-bond donors (Lipinski definition) is 2. The molecule has 0 bridgehead atoms. The van der Waals surface area contributed by atoms with Crippen LogP contribution in [0.15, 0.2) is 18.2 Å². The van der Waals surface area contributed by atoms with Crippen molar-refractivity contribution in [1.29, 1.82) is 0 Å². The molecule has 0 aliphatic heterocycles. The molecule has 0 aliphatic carbocycles. The molecule has 0 aliphatic rings. The zero-order chi connectivity index (χ0) is 11.3. The average molecular weight is 215 g/mol. The lowest BCUT2D eigenvalue weighted by molar-refractivity contribution is 0.223. The van der Waals surface area contributed by atoms with E-state index in [2.05, 4.69) is 0 Å². The number of halogens is 2. The second-order valence-corrected chi connectivity index (χ2v) is 3.57. The fraction of sp³-hybridized carbons (Fsp3) is 0.455. The van der Waals surface area contributed by atoms with Crippen LogP contribution in [0.1, 0.15) is 12.0 Å². The Hall–Kier alpha value is -1.00. The van der Waals surface area contributed by atoms with Crippen molar-refractivity contribution in [2.24, 2.45) is 11.7 Å². The quantitative estimate of drug-likeness (QED) is 0.781. The summed E-state index contributed by atoms with van der Waals surface area (Å²) in [4.78, 5) is 0. The van der Waals surface area contributed by atoms with Gasteiger partial charge < -0.3 is 10.8 Å². The molecule has 2 nitrogen and oxygen atoms in total. The van der Waals surface area contributed by atoms with Crippen LogP contribution in [0.4, 0.5) is 8.78 Å². The van der Waals surface area contributed by atoms with Gasteiger partial charge in [0.05, 0.1) is 0 Å². The number of aliphatic hydroxyl groups is 1. The van der Waals surface area contributed by atoms with Crippen LogP contribution in [0.5, 0.6) is 0 Å². The minimum absolute atomic E-state index is 0.0260. The second-order valence-electron chi connectivity index (χ2n) is 3.57. The van der Waals surface area contributed by atoms with E-state index in [-0.39, 0.29) is 12.5 Å². The van der Waals surface area contributed by atoms with Gasteiger partial charge in [-0.1, -0.05) is 6.07 Å². The normalized spacial score (nSPS) is 12.8. The summed E-state index contributed by atoms with van der Waals surface area (Å²) >= 11 is 0. The topological polar surface area (TPSA) is 46.2 Å².